The molecule has 0 spiro atoms. The molecule has 0 saturated carbocycles. The molecule has 2 heteroatoms. The normalized spacial score (nSPS) is 16.3. The van der Waals surface area contributed by atoms with Gasteiger partial charge in [0, 0.05) is 0 Å². The Kier molecular flexibility index (Phi) is 21.6. The van der Waals surface area contributed by atoms with Crippen LogP contribution in [0, 0.1) is 0 Å². The third kappa shape index (κ3) is 23.3. The molecule has 0 heterocycles. The second kappa shape index (κ2) is 24.3. The molecule has 0 aliphatic rings. The van der Waals surface area contributed by atoms with Crippen LogP contribution < -0.4 is 0 Å². The first-order valence-corrected chi connectivity index (χ1v) is 14.1. The summed E-state index contributed by atoms with van der Waals surface area (Å²) in [6, 6.07) is 0. The average Bonchev–Trinajstić information content (AvgIpc) is 2.95. The fourth-order valence-corrected chi connectivity index (χ4v) is 2.94. The van der Waals surface area contributed by atoms with Crippen LogP contribution in [0.4, 0.5) is 0 Å². The molecule has 220 valence electrons. The van der Waals surface area contributed by atoms with Gasteiger partial charge in [-0.25, -0.2) is 0 Å². The van der Waals surface area contributed by atoms with E-state index in [-0.39, 0.29) is 0 Å². The molecule has 0 aromatic rings. The smallest absolute Gasteiger partial charge is 0.145 e. The lowest BCUT2D eigenvalue weighted by molar-refractivity contribution is -0.105. The summed E-state index contributed by atoms with van der Waals surface area (Å²) in [6.45, 7) is 15.9. The van der Waals surface area contributed by atoms with Gasteiger partial charge in [-0.1, -0.05) is 167 Å². The van der Waals surface area contributed by atoms with E-state index in [1.165, 1.54) is 0 Å². The third-order valence-corrected chi connectivity index (χ3v) is 5.51. The van der Waals surface area contributed by atoms with Crippen LogP contribution in [0.3, 0.4) is 0 Å². The number of hydrogen-bond donors (Lipinski definition) is 0. The lowest BCUT2D eigenvalue weighted by Crippen LogP contribution is -1.73. The van der Waals surface area contributed by atoms with E-state index in [0.29, 0.717) is 11.1 Å². The van der Waals surface area contributed by atoms with E-state index < -0.39 is 0 Å². The zero-order valence-electron chi connectivity index (χ0n) is 26.7. The molecular weight excluding hydrogens is 512 g/mol. The Labute approximate surface area is 255 Å². The standard InChI is InChI=1S/C40H48O2/c1-33(19-11-21-35(3)23-13-25-37(5)27-15-29-39(7)31-41)17-9-10-18-34(2)20-12-22-36(4)24-14-26-38(6)28-16-30-40(8)32-42/h9-32H,1-8H3/b10-9+,19-11+,20-12+,23-13+,24-14+,27-15+,28-16+,33-17+,34-18+,35-21+,36-22+,37-25+,38-26+,39-29+,40-30+. The number of carbonyl (C=O) groups excluding carboxylic acids is 2. The predicted molar refractivity (Wildman–Crippen MR) is 186 cm³/mol. The molecule has 0 aliphatic heterocycles. The number of allylic oxidation sites excluding steroid dienone is 30. The van der Waals surface area contributed by atoms with Crippen molar-refractivity contribution in [3.63, 3.8) is 0 Å². The molecule has 2 nitrogen and oxygen atoms in total. The van der Waals surface area contributed by atoms with Crippen LogP contribution in [-0.2, 0) is 9.59 Å². The van der Waals surface area contributed by atoms with Gasteiger partial charge in [0.15, 0.2) is 0 Å². The van der Waals surface area contributed by atoms with Gasteiger partial charge in [0.1, 0.15) is 12.6 Å². The van der Waals surface area contributed by atoms with Crippen LogP contribution in [-0.4, -0.2) is 12.6 Å². The molecule has 0 aromatic carbocycles. The topological polar surface area (TPSA) is 34.1 Å². The van der Waals surface area contributed by atoms with Crippen molar-refractivity contribution in [3.8, 4) is 0 Å². The Hall–Kier alpha value is -4.56. The summed E-state index contributed by atoms with van der Waals surface area (Å²) in [7, 11) is 0. The molecule has 0 aliphatic carbocycles. The van der Waals surface area contributed by atoms with E-state index in [1.54, 1.807) is 26.0 Å². The van der Waals surface area contributed by atoms with Crippen LogP contribution in [0.1, 0.15) is 55.4 Å². The van der Waals surface area contributed by atoms with Gasteiger partial charge < -0.3 is 0 Å². The molecule has 0 aromatic heterocycles. The molecule has 0 atom stereocenters. The Balaban J connectivity index is 4.84. The lowest BCUT2D eigenvalue weighted by Gasteiger charge is -1.91. The summed E-state index contributed by atoms with van der Waals surface area (Å²) in [5, 5.41) is 0. The maximum Gasteiger partial charge on any atom is 0.145 e. The largest absolute Gasteiger partial charge is 0.298 e. The summed E-state index contributed by atoms with van der Waals surface area (Å²) in [5.74, 6) is 0. The SMILES string of the molecule is C\C(C=O)=C/C=C/C(C)=C/C=C/C(C)=C/C=C/C(C)=C/C=C/C=C(C)/C=C/C=C(C)/C=C/C=C(C)/C=C/C=C(\C)C=O. The van der Waals surface area contributed by atoms with Crippen LogP contribution in [0.25, 0.3) is 0 Å². The van der Waals surface area contributed by atoms with Gasteiger partial charge in [-0.15, -0.1) is 0 Å². The first-order valence-electron chi connectivity index (χ1n) is 14.1. The maximum absolute atomic E-state index is 10.6. The van der Waals surface area contributed by atoms with Gasteiger partial charge in [0.2, 0.25) is 0 Å². The summed E-state index contributed by atoms with van der Waals surface area (Å²) in [5.41, 5.74) is 8.27. The van der Waals surface area contributed by atoms with Crippen molar-refractivity contribution in [1.82, 2.24) is 0 Å². The molecular formula is C40H48O2. The van der Waals surface area contributed by atoms with Gasteiger partial charge in [-0.05, 0) is 66.5 Å². The van der Waals surface area contributed by atoms with Gasteiger partial charge in [-0.2, -0.15) is 0 Å². The predicted octanol–water partition coefficient (Wildman–Crippen LogP) is 10.8. The molecule has 0 radical (unpaired) electrons. The molecule has 42 heavy (non-hydrogen) atoms. The van der Waals surface area contributed by atoms with E-state index >= 15 is 0 Å². The minimum atomic E-state index is 0.703. The van der Waals surface area contributed by atoms with E-state index in [0.717, 1.165) is 46.0 Å². The minimum absolute atomic E-state index is 0.703. The quantitative estimate of drug-likeness (QED) is 0.107. The van der Waals surface area contributed by atoms with E-state index in [9.17, 15) is 9.59 Å². The second-order valence-electron chi connectivity index (χ2n) is 10.1. The van der Waals surface area contributed by atoms with E-state index in [1.807, 2.05) is 74.6 Å². The third-order valence-electron chi connectivity index (χ3n) is 5.51. The van der Waals surface area contributed by atoms with E-state index in [2.05, 4.69) is 88.5 Å². The van der Waals surface area contributed by atoms with Crippen molar-refractivity contribution < 1.29 is 9.59 Å². The number of hydrogen-bond acceptors (Lipinski definition) is 2. The molecule has 0 amide bonds. The van der Waals surface area contributed by atoms with Gasteiger partial charge in [0.05, 0.1) is 0 Å². The molecule has 0 unspecified atom stereocenters. The van der Waals surface area contributed by atoms with Crippen LogP contribution in [0.5, 0.6) is 0 Å². The highest BCUT2D eigenvalue weighted by Gasteiger charge is 1.84. The first-order chi connectivity index (χ1) is 20.1. The summed E-state index contributed by atoms with van der Waals surface area (Å²) >= 11 is 0. The highest BCUT2D eigenvalue weighted by atomic mass is 16.1. The van der Waals surface area contributed by atoms with Gasteiger partial charge in [-0.3, -0.25) is 9.59 Å². The Bertz CT molecular complexity index is 1240. The molecule has 0 bridgehead atoms. The summed E-state index contributed by atoms with van der Waals surface area (Å²) < 4.78 is 0. The molecule has 0 rings (SSSR count). The van der Waals surface area contributed by atoms with Crippen LogP contribution >= 0.6 is 0 Å². The monoisotopic (exact) mass is 560 g/mol. The van der Waals surface area contributed by atoms with Gasteiger partial charge >= 0.3 is 0 Å². The zero-order valence-corrected chi connectivity index (χ0v) is 26.7. The number of aldehydes is 2. The second-order valence-corrected chi connectivity index (χ2v) is 10.1. The maximum atomic E-state index is 10.6. The fraction of sp³-hybridized carbons (Fsp3) is 0.200. The number of carbonyl (C=O) groups is 2. The van der Waals surface area contributed by atoms with Crippen molar-refractivity contribution >= 4 is 12.6 Å². The van der Waals surface area contributed by atoms with E-state index in [4.69, 9.17) is 0 Å². The first kappa shape index (κ1) is 37.4. The van der Waals surface area contributed by atoms with Crippen molar-refractivity contribution in [2.45, 2.75) is 55.4 Å². The van der Waals surface area contributed by atoms with Crippen LogP contribution in [0.15, 0.2) is 178 Å². The summed E-state index contributed by atoms with van der Waals surface area (Å²) in [4.78, 5) is 21.2. The summed E-state index contributed by atoms with van der Waals surface area (Å²) in [6.07, 6.45) is 46.0. The average molecular weight is 561 g/mol. The van der Waals surface area contributed by atoms with Gasteiger partial charge in [0.25, 0.3) is 0 Å². The fourth-order valence-electron chi connectivity index (χ4n) is 2.94. The van der Waals surface area contributed by atoms with Crippen LogP contribution in [0.2, 0.25) is 0 Å². The van der Waals surface area contributed by atoms with Crippen molar-refractivity contribution in [2.24, 2.45) is 0 Å². The highest BCUT2D eigenvalue weighted by molar-refractivity contribution is 5.73. The zero-order chi connectivity index (χ0) is 31.6. The van der Waals surface area contributed by atoms with Crippen molar-refractivity contribution in [2.75, 3.05) is 0 Å². The Morgan fingerprint density at radius 3 is 0.619 bits per heavy atom. The van der Waals surface area contributed by atoms with Crippen molar-refractivity contribution in [1.29, 1.82) is 0 Å². The Morgan fingerprint density at radius 2 is 0.429 bits per heavy atom. The highest BCUT2D eigenvalue weighted by Crippen LogP contribution is 2.04. The Morgan fingerprint density at radius 1 is 0.262 bits per heavy atom. The molecule has 0 saturated heterocycles. The van der Waals surface area contributed by atoms with Crippen molar-refractivity contribution in [3.05, 3.63) is 178 Å². The number of rotatable bonds is 16. The minimum Gasteiger partial charge on any atom is -0.298 e. The lowest BCUT2D eigenvalue weighted by atomic mass is 10.2. The molecule has 0 fully saturated rings. The molecule has 0 N–H and O–H groups in total.